The Morgan fingerprint density at radius 3 is 2.67 bits per heavy atom. The predicted molar refractivity (Wildman–Crippen MR) is 58.3 cm³/mol. The molecule has 0 saturated carbocycles. The van der Waals surface area contributed by atoms with Crippen LogP contribution in [0, 0.1) is 5.92 Å². The minimum Gasteiger partial charge on any atom is -0.389 e. The van der Waals surface area contributed by atoms with Crippen molar-refractivity contribution in [3.63, 3.8) is 0 Å². The second kappa shape index (κ2) is 8.22. The van der Waals surface area contributed by atoms with Gasteiger partial charge in [-0.2, -0.15) is 0 Å². The Morgan fingerprint density at radius 2 is 2.17 bits per heavy atom. The van der Waals surface area contributed by atoms with Crippen molar-refractivity contribution in [2.45, 2.75) is 26.4 Å². The fourth-order valence-electron chi connectivity index (χ4n) is 0.686. The molecule has 0 aliphatic carbocycles. The van der Waals surface area contributed by atoms with Crippen molar-refractivity contribution in [3.05, 3.63) is 0 Å². The van der Waals surface area contributed by atoms with E-state index in [2.05, 4.69) is 17.4 Å². The molecule has 12 heavy (non-hydrogen) atoms. The van der Waals surface area contributed by atoms with Gasteiger partial charge in [0.2, 0.25) is 0 Å². The lowest BCUT2D eigenvalue weighted by atomic mass is 10.1. The van der Waals surface area contributed by atoms with Gasteiger partial charge in [-0.25, -0.2) is 0 Å². The summed E-state index contributed by atoms with van der Waals surface area (Å²) in [5.74, 6) is 0.671. The van der Waals surface area contributed by atoms with E-state index in [9.17, 15) is 5.11 Å². The molecule has 0 aliphatic rings. The van der Waals surface area contributed by atoms with Crippen LogP contribution in [0.3, 0.4) is 0 Å². The van der Waals surface area contributed by atoms with Crippen LogP contribution in [-0.4, -0.2) is 31.0 Å². The summed E-state index contributed by atoms with van der Waals surface area (Å²) in [4.78, 5) is 0. The van der Waals surface area contributed by atoms with Gasteiger partial charge in [0.05, 0.1) is 12.7 Å². The van der Waals surface area contributed by atoms with Gasteiger partial charge in [0.1, 0.15) is 0 Å². The molecule has 4 heteroatoms. The molecule has 0 rings (SSSR count). The number of hydrogen-bond acceptors (Lipinski definition) is 3. The van der Waals surface area contributed by atoms with Crippen molar-refractivity contribution in [3.8, 4) is 0 Å². The van der Waals surface area contributed by atoms with Crippen molar-refractivity contribution in [2.24, 2.45) is 5.92 Å². The Hall–Kier alpha value is 0.610. The van der Waals surface area contributed by atoms with Crippen molar-refractivity contribution in [1.82, 2.24) is 3.53 Å². The number of nitrogens with one attached hydrogen (secondary N) is 1. The van der Waals surface area contributed by atoms with Crippen molar-refractivity contribution in [2.75, 3.05) is 19.8 Å². The van der Waals surface area contributed by atoms with Gasteiger partial charge >= 0.3 is 0 Å². The molecular formula is C8H18INO2. The molecule has 0 heterocycles. The van der Waals surface area contributed by atoms with Crippen LogP contribution in [0.2, 0.25) is 0 Å². The average molecular weight is 287 g/mol. The highest BCUT2D eigenvalue weighted by molar-refractivity contribution is 14.1. The van der Waals surface area contributed by atoms with E-state index in [0.29, 0.717) is 19.1 Å². The third-order valence-corrected chi connectivity index (χ3v) is 1.90. The predicted octanol–water partition coefficient (Wildman–Crippen LogP) is 1.35. The number of rotatable bonds is 7. The van der Waals surface area contributed by atoms with Gasteiger partial charge in [0.25, 0.3) is 0 Å². The van der Waals surface area contributed by atoms with Crippen molar-refractivity contribution in [1.29, 1.82) is 0 Å². The molecular weight excluding hydrogens is 269 g/mol. The molecule has 2 N–H and O–H groups in total. The van der Waals surface area contributed by atoms with Crippen LogP contribution in [0.5, 0.6) is 0 Å². The third kappa shape index (κ3) is 8.70. The molecule has 0 aromatic carbocycles. The zero-order valence-corrected chi connectivity index (χ0v) is 9.87. The van der Waals surface area contributed by atoms with Gasteiger partial charge in [-0.3, -0.25) is 3.53 Å². The first-order valence-corrected chi connectivity index (χ1v) is 5.34. The summed E-state index contributed by atoms with van der Waals surface area (Å²) >= 11 is 2.01. The fourth-order valence-corrected chi connectivity index (χ4v) is 1.19. The average Bonchev–Trinajstić information content (AvgIpc) is 1.98. The van der Waals surface area contributed by atoms with Gasteiger partial charge < -0.3 is 9.84 Å². The molecule has 1 atom stereocenters. The van der Waals surface area contributed by atoms with Crippen molar-refractivity contribution < 1.29 is 9.84 Å². The number of aliphatic hydroxyl groups is 1. The molecule has 0 fully saturated rings. The second-order valence-electron chi connectivity index (χ2n) is 3.25. The quantitative estimate of drug-likeness (QED) is 0.422. The SMILES string of the molecule is CC(C)CCOCC(O)CNI. The van der Waals surface area contributed by atoms with E-state index >= 15 is 0 Å². The first kappa shape index (κ1) is 12.6. The summed E-state index contributed by atoms with van der Waals surface area (Å²) in [6.07, 6.45) is 0.679. The number of hydrogen-bond donors (Lipinski definition) is 2. The number of aliphatic hydroxyl groups excluding tert-OH is 1. The molecule has 0 saturated heterocycles. The van der Waals surface area contributed by atoms with Crippen molar-refractivity contribution >= 4 is 22.9 Å². The van der Waals surface area contributed by atoms with Gasteiger partial charge in [-0.15, -0.1) is 0 Å². The number of ether oxygens (including phenoxy) is 1. The molecule has 0 amide bonds. The van der Waals surface area contributed by atoms with Gasteiger partial charge in [-0.1, -0.05) is 13.8 Å². The lowest BCUT2D eigenvalue weighted by Crippen LogP contribution is -2.25. The zero-order chi connectivity index (χ0) is 9.40. The van der Waals surface area contributed by atoms with E-state index < -0.39 is 0 Å². The largest absolute Gasteiger partial charge is 0.389 e. The zero-order valence-electron chi connectivity index (χ0n) is 7.72. The Balaban J connectivity index is 3.08. The molecule has 0 aliphatic heterocycles. The highest BCUT2D eigenvalue weighted by atomic mass is 127. The first-order chi connectivity index (χ1) is 5.66. The van der Waals surface area contributed by atoms with Crippen LogP contribution in [0.15, 0.2) is 0 Å². The smallest absolute Gasteiger partial charge is 0.0905 e. The van der Waals surface area contributed by atoms with Crippen LogP contribution in [-0.2, 0) is 4.74 Å². The van der Waals surface area contributed by atoms with E-state index in [-0.39, 0.29) is 6.10 Å². The van der Waals surface area contributed by atoms with E-state index in [4.69, 9.17) is 4.74 Å². The lowest BCUT2D eigenvalue weighted by molar-refractivity contribution is 0.0361. The molecule has 0 aromatic rings. The number of halogens is 1. The standard InChI is InChI=1S/C8H18INO2/c1-7(2)3-4-12-6-8(11)5-10-9/h7-8,10-11H,3-6H2,1-2H3. The minimum absolute atomic E-state index is 0.380. The molecule has 3 nitrogen and oxygen atoms in total. The Bertz CT molecular complexity index is 101. The Kier molecular flexibility index (Phi) is 8.64. The van der Waals surface area contributed by atoms with Crippen LogP contribution in [0.1, 0.15) is 20.3 Å². The maximum absolute atomic E-state index is 9.22. The summed E-state index contributed by atoms with van der Waals surface area (Å²) in [5, 5.41) is 9.22. The maximum atomic E-state index is 9.22. The molecule has 1 unspecified atom stereocenters. The van der Waals surface area contributed by atoms with Crippen LogP contribution in [0.25, 0.3) is 0 Å². The summed E-state index contributed by atoms with van der Waals surface area (Å²) in [6.45, 7) is 6.08. The highest BCUT2D eigenvalue weighted by Gasteiger charge is 2.02. The topological polar surface area (TPSA) is 41.5 Å². The molecule has 0 aromatic heterocycles. The van der Waals surface area contributed by atoms with E-state index in [1.54, 1.807) is 0 Å². The normalized spacial score (nSPS) is 13.8. The summed E-state index contributed by atoms with van der Waals surface area (Å²) in [5.41, 5.74) is 0. The molecule has 0 bridgehead atoms. The maximum Gasteiger partial charge on any atom is 0.0905 e. The third-order valence-electron chi connectivity index (χ3n) is 1.46. The Morgan fingerprint density at radius 1 is 1.50 bits per heavy atom. The molecule has 0 radical (unpaired) electrons. The van der Waals surface area contributed by atoms with E-state index in [0.717, 1.165) is 13.0 Å². The van der Waals surface area contributed by atoms with E-state index in [1.165, 1.54) is 0 Å². The molecule has 0 spiro atoms. The van der Waals surface area contributed by atoms with Gasteiger partial charge in [0, 0.05) is 36.0 Å². The lowest BCUT2D eigenvalue weighted by Gasteiger charge is -2.10. The van der Waals surface area contributed by atoms with Crippen LogP contribution < -0.4 is 3.53 Å². The fraction of sp³-hybridized carbons (Fsp3) is 1.00. The Labute approximate surface area is 88.4 Å². The summed E-state index contributed by atoms with van der Waals surface area (Å²) < 4.78 is 8.12. The second-order valence-corrected chi connectivity index (χ2v) is 4.01. The van der Waals surface area contributed by atoms with Gasteiger partial charge in [-0.05, 0) is 12.3 Å². The molecule has 74 valence electrons. The van der Waals surface area contributed by atoms with E-state index in [1.807, 2.05) is 22.9 Å². The monoisotopic (exact) mass is 287 g/mol. The first-order valence-electron chi connectivity index (χ1n) is 4.26. The minimum atomic E-state index is -0.380. The van der Waals surface area contributed by atoms with Crippen LogP contribution in [0.4, 0.5) is 0 Å². The van der Waals surface area contributed by atoms with Crippen LogP contribution >= 0.6 is 22.9 Å². The summed E-state index contributed by atoms with van der Waals surface area (Å²) in [7, 11) is 0. The highest BCUT2D eigenvalue weighted by Crippen LogP contribution is 1.99. The summed E-state index contributed by atoms with van der Waals surface area (Å²) in [6, 6.07) is 0. The van der Waals surface area contributed by atoms with Gasteiger partial charge in [0.15, 0.2) is 0 Å².